The predicted molar refractivity (Wildman–Crippen MR) is 75.2 cm³/mol. The highest BCUT2D eigenvalue weighted by Gasteiger charge is 2.32. The molecule has 2 aromatic carbocycles. The summed E-state index contributed by atoms with van der Waals surface area (Å²) in [5, 5.41) is 11.4. The van der Waals surface area contributed by atoms with Gasteiger partial charge >= 0.3 is 6.36 Å². The van der Waals surface area contributed by atoms with Crippen molar-refractivity contribution < 1.29 is 22.8 Å². The number of ether oxygens (including phenoxy) is 1. The van der Waals surface area contributed by atoms with Crippen LogP contribution in [0.15, 0.2) is 36.4 Å². The SMILES string of the molecule is O=[N+]([O-])c1ccc(OC(F)(F)F)cc1-c1cc(Cl)cc(Cl)c1. The smallest absolute Gasteiger partial charge is 0.406 e. The first-order valence-corrected chi connectivity index (χ1v) is 6.42. The van der Waals surface area contributed by atoms with Crippen LogP contribution in [0.5, 0.6) is 5.75 Å². The highest BCUT2D eigenvalue weighted by atomic mass is 35.5. The number of benzene rings is 2. The molecule has 0 fully saturated rings. The second-order valence-electron chi connectivity index (χ2n) is 4.14. The fourth-order valence-corrected chi connectivity index (χ4v) is 2.34. The number of alkyl halides is 3. The molecule has 9 heteroatoms. The van der Waals surface area contributed by atoms with E-state index in [-0.39, 0.29) is 21.2 Å². The topological polar surface area (TPSA) is 52.4 Å². The standard InChI is InChI=1S/C13H6Cl2F3NO3/c14-8-3-7(4-9(15)5-8)11-6-10(22-13(16,17)18)1-2-12(11)19(20)21/h1-6H. The molecule has 116 valence electrons. The molecule has 0 atom stereocenters. The Morgan fingerprint density at radius 3 is 2.14 bits per heavy atom. The Morgan fingerprint density at radius 2 is 1.64 bits per heavy atom. The summed E-state index contributed by atoms with van der Waals surface area (Å²) in [5.41, 5.74) is -0.277. The summed E-state index contributed by atoms with van der Waals surface area (Å²) in [5.74, 6) is -0.579. The molecule has 22 heavy (non-hydrogen) atoms. The van der Waals surface area contributed by atoms with Crippen LogP contribution >= 0.6 is 23.2 Å². The molecule has 0 spiro atoms. The number of nitro benzene ring substituents is 1. The lowest BCUT2D eigenvalue weighted by Gasteiger charge is -2.11. The van der Waals surface area contributed by atoms with Gasteiger partial charge < -0.3 is 4.74 Å². The van der Waals surface area contributed by atoms with Gasteiger partial charge in [0.05, 0.1) is 10.5 Å². The number of hydrogen-bond acceptors (Lipinski definition) is 3. The first-order valence-electron chi connectivity index (χ1n) is 5.66. The Balaban J connectivity index is 2.59. The maximum Gasteiger partial charge on any atom is 0.573 e. The van der Waals surface area contributed by atoms with Crippen molar-refractivity contribution in [1.29, 1.82) is 0 Å². The molecule has 0 aliphatic carbocycles. The van der Waals surface area contributed by atoms with Gasteiger partial charge in [0.2, 0.25) is 0 Å². The molecule has 0 heterocycles. The van der Waals surface area contributed by atoms with Crippen molar-refractivity contribution in [2.75, 3.05) is 0 Å². The van der Waals surface area contributed by atoms with E-state index in [1.165, 1.54) is 18.2 Å². The number of halogens is 5. The second kappa shape index (κ2) is 6.02. The van der Waals surface area contributed by atoms with E-state index in [2.05, 4.69) is 4.74 Å². The van der Waals surface area contributed by atoms with Crippen LogP contribution in [-0.2, 0) is 0 Å². The molecule has 2 aromatic rings. The minimum atomic E-state index is -4.90. The van der Waals surface area contributed by atoms with Gasteiger partial charge in [0.15, 0.2) is 0 Å². The lowest BCUT2D eigenvalue weighted by Crippen LogP contribution is -2.17. The van der Waals surface area contributed by atoms with E-state index in [0.29, 0.717) is 0 Å². The molecular formula is C13H6Cl2F3NO3. The monoisotopic (exact) mass is 351 g/mol. The highest BCUT2D eigenvalue weighted by Crippen LogP contribution is 2.37. The van der Waals surface area contributed by atoms with Crippen LogP contribution in [0.25, 0.3) is 11.1 Å². The molecule has 0 aliphatic rings. The summed E-state index contributed by atoms with van der Waals surface area (Å²) in [6, 6.07) is 6.80. The molecular weight excluding hydrogens is 346 g/mol. The fourth-order valence-electron chi connectivity index (χ4n) is 1.81. The molecule has 0 amide bonds. The Kier molecular flexibility index (Phi) is 4.48. The maximum absolute atomic E-state index is 12.3. The van der Waals surface area contributed by atoms with E-state index < -0.39 is 22.7 Å². The normalized spacial score (nSPS) is 11.3. The van der Waals surface area contributed by atoms with E-state index in [1.807, 2.05) is 0 Å². The maximum atomic E-state index is 12.3. The van der Waals surface area contributed by atoms with Crippen molar-refractivity contribution in [2.24, 2.45) is 0 Å². The van der Waals surface area contributed by atoms with Crippen LogP contribution in [0.2, 0.25) is 10.0 Å². The molecule has 0 saturated heterocycles. The van der Waals surface area contributed by atoms with Crippen molar-refractivity contribution in [3.05, 3.63) is 56.6 Å². The first kappa shape index (κ1) is 16.4. The van der Waals surface area contributed by atoms with Gasteiger partial charge in [-0.2, -0.15) is 0 Å². The fraction of sp³-hybridized carbons (Fsp3) is 0.0769. The second-order valence-corrected chi connectivity index (χ2v) is 5.01. The van der Waals surface area contributed by atoms with Crippen molar-refractivity contribution in [3.63, 3.8) is 0 Å². The van der Waals surface area contributed by atoms with E-state index in [9.17, 15) is 23.3 Å². The largest absolute Gasteiger partial charge is 0.573 e. The third-order valence-corrected chi connectivity index (χ3v) is 3.01. The summed E-state index contributed by atoms with van der Waals surface area (Å²) >= 11 is 11.6. The zero-order valence-electron chi connectivity index (χ0n) is 10.5. The lowest BCUT2D eigenvalue weighted by atomic mass is 10.0. The van der Waals surface area contributed by atoms with Gasteiger partial charge in [-0.15, -0.1) is 13.2 Å². The van der Waals surface area contributed by atoms with Crippen LogP contribution in [0.3, 0.4) is 0 Å². The predicted octanol–water partition coefficient (Wildman–Crippen LogP) is 5.47. The summed E-state index contributed by atoms with van der Waals surface area (Å²) in [6.45, 7) is 0. The number of nitro groups is 1. The summed E-state index contributed by atoms with van der Waals surface area (Å²) in [7, 11) is 0. The van der Waals surface area contributed by atoms with Gasteiger partial charge in [0.1, 0.15) is 5.75 Å². The Labute approximate surface area is 132 Å². The van der Waals surface area contributed by atoms with Crippen LogP contribution in [0.4, 0.5) is 18.9 Å². The third kappa shape index (κ3) is 4.02. The molecule has 0 aliphatic heterocycles. The molecule has 0 aromatic heterocycles. The first-order chi connectivity index (χ1) is 10.2. The number of hydrogen-bond donors (Lipinski definition) is 0. The van der Waals surface area contributed by atoms with Crippen molar-refractivity contribution in [1.82, 2.24) is 0 Å². The molecule has 0 saturated carbocycles. The number of rotatable bonds is 3. The Hall–Kier alpha value is -1.99. The summed E-state index contributed by atoms with van der Waals surface area (Å²) in [4.78, 5) is 10.3. The molecule has 0 N–H and O–H groups in total. The van der Waals surface area contributed by atoms with Gasteiger partial charge in [-0.1, -0.05) is 23.2 Å². The van der Waals surface area contributed by atoms with E-state index in [4.69, 9.17) is 23.2 Å². The van der Waals surface area contributed by atoms with Gasteiger partial charge in [0, 0.05) is 16.1 Å². The van der Waals surface area contributed by atoms with Crippen molar-refractivity contribution in [3.8, 4) is 16.9 Å². The molecule has 0 unspecified atom stereocenters. The molecule has 2 rings (SSSR count). The quantitative estimate of drug-likeness (QED) is 0.544. The zero-order chi connectivity index (χ0) is 16.5. The van der Waals surface area contributed by atoms with E-state index in [0.717, 1.165) is 18.2 Å². The van der Waals surface area contributed by atoms with E-state index >= 15 is 0 Å². The number of nitrogens with zero attached hydrogens (tertiary/aromatic N) is 1. The molecule has 0 radical (unpaired) electrons. The van der Waals surface area contributed by atoms with Crippen LogP contribution in [0.1, 0.15) is 0 Å². The minimum Gasteiger partial charge on any atom is -0.406 e. The Morgan fingerprint density at radius 1 is 1.05 bits per heavy atom. The lowest BCUT2D eigenvalue weighted by molar-refractivity contribution is -0.384. The Bertz CT molecular complexity index is 715. The average Bonchev–Trinajstić information content (AvgIpc) is 2.35. The van der Waals surface area contributed by atoms with Crippen LogP contribution in [-0.4, -0.2) is 11.3 Å². The molecule has 0 bridgehead atoms. The summed E-state index contributed by atoms with van der Waals surface area (Å²) in [6.07, 6.45) is -4.90. The average molecular weight is 352 g/mol. The van der Waals surface area contributed by atoms with Crippen molar-refractivity contribution >= 4 is 28.9 Å². The van der Waals surface area contributed by atoms with Crippen LogP contribution < -0.4 is 4.74 Å². The third-order valence-electron chi connectivity index (χ3n) is 2.57. The summed E-state index contributed by atoms with van der Waals surface area (Å²) < 4.78 is 40.6. The minimum absolute atomic E-state index is 0.0869. The zero-order valence-corrected chi connectivity index (χ0v) is 12.0. The van der Waals surface area contributed by atoms with Gasteiger partial charge in [-0.05, 0) is 35.9 Å². The highest BCUT2D eigenvalue weighted by molar-refractivity contribution is 6.35. The van der Waals surface area contributed by atoms with Gasteiger partial charge in [-0.25, -0.2) is 0 Å². The van der Waals surface area contributed by atoms with Gasteiger partial charge in [-0.3, -0.25) is 10.1 Å². The molecule has 4 nitrogen and oxygen atoms in total. The van der Waals surface area contributed by atoms with Gasteiger partial charge in [0.25, 0.3) is 5.69 Å². The van der Waals surface area contributed by atoms with Crippen LogP contribution in [0, 0.1) is 10.1 Å². The van der Waals surface area contributed by atoms with Crippen molar-refractivity contribution in [2.45, 2.75) is 6.36 Å². The van der Waals surface area contributed by atoms with E-state index in [1.54, 1.807) is 0 Å².